The normalized spacial score (nSPS) is 17.4. The van der Waals surface area contributed by atoms with Crippen LogP contribution in [0.15, 0.2) is 55.0 Å². The number of rotatable bonds is 6. The summed E-state index contributed by atoms with van der Waals surface area (Å²) in [6.45, 7) is 1.32. The fourth-order valence-corrected chi connectivity index (χ4v) is 3.97. The van der Waals surface area contributed by atoms with Gasteiger partial charge in [0.15, 0.2) is 6.10 Å². The van der Waals surface area contributed by atoms with Gasteiger partial charge >= 0.3 is 5.92 Å². The summed E-state index contributed by atoms with van der Waals surface area (Å²) in [5.74, 6) is -4.46. The average Bonchev–Trinajstić information content (AvgIpc) is 3.22. The average molecular weight is 469 g/mol. The van der Waals surface area contributed by atoms with Crippen LogP contribution in [0.2, 0.25) is 0 Å². The zero-order chi connectivity index (χ0) is 24.5. The number of nitrogens with two attached hydrogens (primary N) is 1. The van der Waals surface area contributed by atoms with Crippen molar-refractivity contribution >= 4 is 11.8 Å². The zero-order valence-corrected chi connectivity index (χ0v) is 19.0. The Balaban J connectivity index is 1.47. The highest BCUT2D eigenvalue weighted by Gasteiger charge is 2.47. The summed E-state index contributed by atoms with van der Waals surface area (Å²) in [5.41, 5.74) is 8.56. The van der Waals surface area contributed by atoms with E-state index in [2.05, 4.69) is 4.98 Å². The van der Waals surface area contributed by atoms with Crippen LogP contribution in [-0.2, 0) is 18.3 Å². The molecule has 0 spiro atoms. The summed E-state index contributed by atoms with van der Waals surface area (Å²) in [4.78, 5) is 30.0. The fourth-order valence-electron chi connectivity index (χ4n) is 3.97. The molecule has 178 valence electrons. The van der Waals surface area contributed by atoms with Gasteiger partial charge in [-0.3, -0.25) is 9.59 Å². The molecule has 1 aromatic heterocycles. The number of benzene rings is 2. The molecule has 34 heavy (non-hydrogen) atoms. The number of amides is 2. The maximum atomic E-state index is 15.0. The number of carbonyl (C=O) groups excluding carboxylic acids is 2. The van der Waals surface area contributed by atoms with E-state index in [1.165, 1.54) is 17.0 Å². The van der Waals surface area contributed by atoms with Crippen molar-refractivity contribution in [1.82, 2.24) is 14.5 Å². The highest BCUT2D eigenvalue weighted by molar-refractivity contribution is 5.97. The highest BCUT2D eigenvalue weighted by atomic mass is 19.3. The van der Waals surface area contributed by atoms with Crippen molar-refractivity contribution in [2.75, 3.05) is 13.1 Å². The lowest BCUT2D eigenvalue weighted by Crippen LogP contribution is -2.55. The second-order valence-electron chi connectivity index (χ2n) is 8.63. The predicted octanol–water partition coefficient (Wildman–Crippen LogP) is 3.35. The standard InChI is InChI=1S/C25H26F2N4O3/c1-16-3-5-17(6-4-16)11-23(32)31-10-9-22(25(26,27)14-31)34-21-8-7-18(12-19(21)24(28)33)20-13-30(2)15-29-20/h3-8,12-13,15,22H,9-11,14H2,1-2H3,(H2,28,33). The van der Waals surface area contributed by atoms with Crippen molar-refractivity contribution in [3.05, 3.63) is 71.7 Å². The van der Waals surface area contributed by atoms with Gasteiger partial charge in [0.1, 0.15) is 5.75 Å². The van der Waals surface area contributed by atoms with E-state index in [4.69, 9.17) is 10.5 Å². The van der Waals surface area contributed by atoms with Crippen molar-refractivity contribution in [1.29, 1.82) is 0 Å². The number of aromatic nitrogens is 2. The van der Waals surface area contributed by atoms with Crippen LogP contribution in [0.5, 0.6) is 5.75 Å². The van der Waals surface area contributed by atoms with Crippen molar-refractivity contribution in [2.45, 2.75) is 31.8 Å². The number of hydrogen-bond donors (Lipinski definition) is 1. The number of hydrogen-bond acceptors (Lipinski definition) is 4. The van der Waals surface area contributed by atoms with Crippen LogP contribution in [0.4, 0.5) is 8.78 Å². The van der Waals surface area contributed by atoms with Gasteiger partial charge in [-0.25, -0.2) is 13.8 Å². The van der Waals surface area contributed by atoms with Gasteiger partial charge in [0, 0.05) is 31.8 Å². The first-order chi connectivity index (χ1) is 16.1. The van der Waals surface area contributed by atoms with Gasteiger partial charge in [-0.1, -0.05) is 29.8 Å². The monoisotopic (exact) mass is 468 g/mol. The van der Waals surface area contributed by atoms with Crippen LogP contribution in [0, 0.1) is 6.92 Å². The van der Waals surface area contributed by atoms with E-state index in [0.717, 1.165) is 11.1 Å². The molecular weight excluding hydrogens is 442 g/mol. The SMILES string of the molecule is Cc1ccc(CC(=O)N2CCC(Oc3ccc(-c4cn(C)cn4)cc3C(N)=O)C(F)(F)C2)cc1. The smallest absolute Gasteiger partial charge is 0.301 e. The van der Waals surface area contributed by atoms with E-state index in [9.17, 15) is 18.4 Å². The molecule has 7 nitrogen and oxygen atoms in total. The molecule has 1 atom stereocenters. The number of nitrogens with zero attached hydrogens (tertiary/aromatic N) is 3. The number of alkyl halides is 2. The van der Waals surface area contributed by atoms with E-state index in [1.807, 2.05) is 38.2 Å². The topological polar surface area (TPSA) is 90.4 Å². The van der Waals surface area contributed by atoms with Gasteiger partial charge in [0.25, 0.3) is 5.91 Å². The molecule has 2 N–H and O–H groups in total. The molecule has 1 saturated heterocycles. The van der Waals surface area contributed by atoms with Gasteiger partial charge in [0.05, 0.1) is 30.6 Å². The molecule has 1 unspecified atom stereocenters. The Labute approximate surface area is 196 Å². The number of ether oxygens (including phenoxy) is 1. The molecule has 1 fully saturated rings. The molecule has 2 amide bonds. The molecule has 3 aromatic rings. The minimum Gasteiger partial charge on any atom is -0.483 e. The van der Waals surface area contributed by atoms with Gasteiger partial charge < -0.3 is 19.9 Å². The Morgan fingerprint density at radius 2 is 1.94 bits per heavy atom. The van der Waals surface area contributed by atoms with E-state index >= 15 is 0 Å². The second kappa shape index (κ2) is 9.24. The van der Waals surface area contributed by atoms with Crippen LogP contribution in [0.3, 0.4) is 0 Å². The summed E-state index contributed by atoms with van der Waals surface area (Å²) in [5, 5.41) is 0. The van der Waals surface area contributed by atoms with E-state index in [0.29, 0.717) is 11.3 Å². The summed E-state index contributed by atoms with van der Waals surface area (Å²) in [6, 6.07) is 12.0. The minimum absolute atomic E-state index is 0.00294. The largest absolute Gasteiger partial charge is 0.483 e. The first-order valence-corrected chi connectivity index (χ1v) is 10.9. The van der Waals surface area contributed by atoms with Crippen LogP contribution in [0.1, 0.15) is 27.9 Å². The van der Waals surface area contributed by atoms with Crippen molar-refractivity contribution in [3.8, 4) is 17.0 Å². The first-order valence-electron chi connectivity index (χ1n) is 10.9. The van der Waals surface area contributed by atoms with Crippen LogP contribution in [0.25, 0.3) is 11.3 Å². The molecule has 1 aliphatic rings. The summed E-state index contributed by atoms with van der Waals surface area (Å²) < 4.78 is 37.3. The van der Waals surface area contributed by atoms with E-state index in [1.54, 1.807) is 23.2 Å². The van der Waals surface area contributed by atoms with E-state index in [-0.39, 0.29) is 36.6 Å². The number of aryl methyl sites for hydroxylation is 2. The Morgan fingerprint density at radius 3 is 2.56 bits per heavy atom. The maximum Gasteiger partial charge on any atom is 0.301 e. The van der Waals surface area contributed by atoms with Crippen molar-refractivity contribution < 1.29 is 23.1 Å². The third-order valence-electron chi connectivity index (χ3n) is 5.88. The molecule has 2 aromatic carbocycles. The van der Waals surface area contributed by atoms with Crippen molar-refractivity contribution in [3.63, 3.8) is 0 Å². The van der Waals surface area contributed by atoms with E-state index < -0.39 is 24.5 Å². The quantitative estimate of drug-likeness (QED) is 0.601. The number of primary amides is 1. The lowest BCUT2D eigenvalue weighted by molar-refractivity contribution is -0.159. The Kier molecular flexibility index (Phi) is 6.37. The van der Waals surface area contributed by atoms with Crippen molar-refractivity contribution in [2.24, 2.45) is 12.8 Å². The molecule has 0 bridgehead atoms. The Hall–Kier alpha value is -3.75. The number of likely N-dealkylation sites (tertiary alicyclic amines) is 1. The number of halogens is 2. The third-order valence-corrected chi connectivity index (χ3v) is 5.88. The molecule has 0 saturated carbocycles. The first kappa shape index (κ1) is 23.4. The number of piperidine rings is 1. The number of imidazole rings is 1. The predicted molar refractivity (Wildman–Crippen MR) is 123 cm³/mol. The van der Waals surface area contributed by atoms with Gasteiger partial charge in [-0.05, 0) is 30.7 Å². The summed E-state index contributed by atoms with van der Waals surface area (Å²) in [6.07, 6.45) is 1.86. The van der Waals surface area contributed by atoms with Crippen LogP contribution >= 0.6 is 0 Å². The molecule has 4 rings (SSSR count). The maximum absolute atomic E-state index is 15.0. The number of carbonyl (C=O) groups is 2. The van der Waals surface area contributed by atoms with Crippen LogP contribution in [-0.4, -0.2) is 51.4 Å². The highest BCUT2D eigenvalue weighted by Crippen LogP contribution is 2.34. The zero-order valence-electron chi connectivity index (χ0n) is 19.0. The molecule has 9 heteroatoms. The molecule has 0 aliphatic carbocycles. The van der Waals surface area contributed by atoms with Gasteiger partial charge in [-0.2, -0.15) is 0 Å². The second-order valence-corrected chi connectivity index (χ2v) is 8.63. The van der Waals surface area contributed by atoms with Gasteiger partial charge in [0.2, 0.25) is 5.91 Å². The third kappa shape index (κ3) is 5.08. The minimum atomic E-state index is -3.30. The molecule has 0 radical (unpaired) electrons. The summed E-state index contributed by atoms with van der Waals surface area (Å²) in [7, 11) is 1.81. The fraction of sp³-hybridized carbons (Fsp3) is 0.320. The Morgan fingerprint density at radius 1 is 1.21 bits per heavy atom. The molecule has 2 heterocycles. The van der Waals surface area contributed by atoms with Gasteiger partial charge in [-0.15, -0.1) is 0 Å². The summed E-state index contributed by atoms with van der Waals surface area (Å²) >= 11 is 0. The van der Waals surface area contributed by atoms with Crippen LogP contribution < -0.4 is 10.5 Å². The molecular formula is C25H26F2N4O3. The molecule has 1 aliphatic heterocycles. The Bertz CT molecular complexity index is 1210. The lowest BCUT2D eigenvalue weighted by atomic mass is 10.0. The lowest BCUT2D eigenvalue weighted by Gasteiger charge is -2.38.